The van der Waals surface area contributed by atoms with E-state index in [-0.39, 0.29) is 0 Å². The van der Waals surface area contributed by atoms with Gasteiger partial charge in [0, 0.05) is 17.3 Å². The molecule has 5 nitrogen and oxygen atoms in total. The van der Waals surface area contributed by atoms with E-state index in [1.807, 2.05) is 43.3 Å². The first-order valence-electron chi connectivity index (χ1n) is 5.73. The molecule has 18 heavy (non-hydrogen) atoms. The van der Waals surface area contributed by atoms with Gasteiger partial charge in [0.1, 0.15) is 5.84 Å². The van der Waals surface area contributed by atoms with Crippen molar-refractivity contribution < 1.29 is 0 Å². The Morgan fingerprint density at radius 1 is 1.06 bits per heavy atom. The minimum atomic E-state index is -0.513. The SMILES string of the molecule is CC1(c2ccnnc2)N=C(c2ccccc2)NN1. The second-order valence-corrected chi connectivity index (χ2v) is 4.28. The van der Waals surface area contributed by atoms with Gasteiger partial charge in [-0.3, -0.25) is 0 Å². The molecular weight excluding hydrogens is 226 g/mol. The minimum absolute atomic E-state index is 0.513. The molecule has 1 aromatic carbocycles. The van der Waals surface area contributed by atoms with E-state index >= 15 is 0 Å². The van der Waals surface area contributed by atoms with Crippen molar-refractivity contribution in [2.45, 2.75) is 12.6 Å². The van der Waals surface area contributed by atoms with Crippen LogP contribution in [-0.4, -0.2) is 16.0 Å². The lowest BCUT2D eigenvalue weighted by Crippen LogP contribution is -2.41. The van der Waals surface area contributed by atoms with Gasteiger partial charge in [-0.2, -0.15) is 10.2 Å². The fraction of sp³-hybridized carbons (Fsp3) is 0.154. The molecule has 2 heterocycles. The van der Waals surface area contributed by atoms with Gasteiger partial charge in [0.05, 0.1) is 6.20 Å². The summed E-state index contributed by atoms with van der Waals surface area (Å²) in [6, 6.07) is 11.9. The van der Waals surface area contributed by atoms with Crippen LogP contribution in [0.2, 0.25) is 0 Å². The topological polar surface area (TPSA) is 62.2 Å². The number of hydrazine groups is 1. The van der Waals surface area contributed by atoms with E-state index in [1.165, 1.54) is 0 Å². The van der Waals surface area contributed by atoms with Gasteiger partial charge in [-0.05, 0) is 13.0 Å². The number of hydrogen-bond donors (Lipinski definition) is 2. The summed E-state index contributed by atoms with van der Waals surface area (Å²) < 4.78 is 0. The highest BCUT2D eigenvalue weighted by atomic mass is 15.5. The van der Waals surface area contributed by atoms with E-state index in [2.05, 4.69) is 26.0 Å². The highest BCUT2D eigenvalue weighted by Crippen LogP contribution is 2.24. The van der Waals surface area contributed by atoms with E-state index in [0.29, 0.717) is 0 Å². The lowest BCUT2D eigenvalue weighted by molar-refractivity contribution is 0.396. The Balaban J connectivity index is 1.96. The highest BCUT2D eigenvalue weighted by Gasteiger charge is 2.31. The highest BCUT2D eigenvalue weighted by molar-refractivity contribution is 5.99. The van der Waals surface area contributed by atoms with Crippen LogP contribution in [0.1, 0.15) is 18.1 Å². The Kier molecular flexibility index (Phi) is 2.53. The molecule has 0 radical (unpaired) electrons. The molecule has 0 amide bonds. The molecule has 1 atom stereocenters. The molecule has 1 aliphatic heterocycles. The first-order chi connectivity index (χ1) is 8.78. The third-order valence-corrected chi connectivity index (χ3v) is 2.95. The first kappa shape index (κ1) is 10.9. The number of nitrogens with zero attached hydrogens (tertiary/aromatic N) is 3. The van der Waals surface area contributed by atoms with Crippen LogP contribution < -0.4 is 10.9 Å². The average Bonchev–Trinajstić information content (AvgIpc) is 2.85. The molecule has 1 aliphatic rings. The largest absolute Gasteiger partial charge is 0.303 e. The molecule has 1 unspecified atom stereocenters. The normalized spacial score (nSPS) is 22.4. The Hall–Kier alpha value is -2.27. The van der Waals surface area contributed by atoms with E-state index in [9.17, 15) is 0 Å². The Labute approximate surface area is 105 Å². The number of hydrogen-bond acceptors (Lipinski definition) is 5. The van der Waals surface area contributed by atoms with Gasteiger partial charge in [-0.25, -0.2) is 10.4 Å². The molecule has 0 spiro atoms. The molecule has 90 valence electrons. The quantitative estimate of drug-likeness (QED) is 0.826. The van der Waals surface area contributed by atoms with Gasteiger partial charge in [-0.15, -0.1) is 0 Å². The summed E-state index contributed by atoms with van der Waals surface area (Å²) in [5.41, 5.74) is 7.80. The minimum Gasteiger partial charge on any atom is -0.303 e. The van der Waals surface area contributed by atoms with Crippen LogP contribution in [0.4, 0.5) is 0 Å². The number of rotatable bonds is 2. The fourth-order valence-electron chi connectivity index (χ4n) is 1.91. The Bertz CT molecular complexity index is 566. The van der Waals surface area contributed by atoms with E-state index in [4.69, 9.17) is 0 Å². The molecular formula is C13H13N5. The third kappa shape index (κ3) is 1.84. The maximum atomic E-state index is 4.69. The summed E-state index contributed by atoms with van der Waals surface area (Å²) in [7, 11) is 0. The number of nitrogens with one attached hydrogen (secondary N) is 2. The first-order valence-corrected chi connectivity index (χ1v) is 5.73. The molecule has 3 rings (SSSR count). The van der Waals surface area contributed by atoms with Crippen LogP contribution in [0.15, 0.2) is 53.8 Å². The Morgan fingerprint density at radius 3 is 2.61 bits per heavy atom. The second kappa shape index (κ2) is 4.19. The molecule has 1 aromatic heterocycles. The van der Waals surface area contributed by atoms with Crippen LogP contribution in [-0.2, 0) is 5.66 Å². The van der Waals surface area contributed by atoms with Gasteiger partial charge < -0.3 is 5.43 Å². The zero-order valence-electron chi connectivity index (χ0n) is 9.96. The average molecular weight is 239 g/mol. The van der Waals surface area contributed by atoms with Crippen molar-refractivity contribution in [2.75, 3.05) is 0 Å². The number of amidine groups is 1. The lowest BCUT2D eigenvalue weighted by Gasteiger charge is -2.19. The predicted molar refractivity (Wildman–Crippen MR) is 68.6 cm³/mol. The maximum absolute atomic E-state index is 4.69. The molecule has 0 aliphatic carbocycles. The molecule has 5 heteroatoms. The molecule has 0 fully saturated rings. The summed E-state index contributed by atoms with van der Waals surface area (Å²) in [4.78, 5) is 4.69. The van der Waals surface area contributed by atoms with Crippen LogP contribution >= 0.6 is 0 Å². The summed E-state index contributed by atoms with van der Waals surface area (Å²) >= 11 is 0. The second-order valence-electron chi connectivity index (χ2n) is 4.28. The maximum Gasteiger partial charge on any atom is 0.153 e. The standard InChI is InChI=1S/C13H13N5/c1-13(11-7-8-14-15-9-11)16-12(17-18-13)10-5-3-2-4-6-10/h2-9,18H,1H3,(H,16,17). The number of aliphatic imine (C=N–C) groups is 1. The predicted octanol–water partition coefficient (Wildman–Crippen LogP) is 1.20. The number of aromatic nitrogens is 2. The van der Waals surface area contributed by atoms with Crippen molar-refractivity contribution in [1.82, 2.24) is 21.0 Å². The van der Waals surface area contributed by atoms with Crippen LogP contribution in [0.3, 0.4) is 0 Å². The van der Waals surface area contributed by atoms with Crippen molar-refractivity contribution in [3.05, 3.63) is 59.9 Å². The van der Waals surface area contributed by atoms with Gasteiger partial charge in [0.25, 0.3) is 0 Å². The van der Waals surface area contributed by atoms with Gasteiger partial charge in [0.2, 0.25) is 0 Å². The molecule has 2 aromatic rings. The molecule has 0 bridgehead atoms. The van der Waals surface area contributed by atoms with Crippen LogP contribution in [0.5, 0.6) is 0 Å². The van der Waals surface area contributed by atoms with Crippen molar-refractivity contribution in [3.63, 3.8) is 0 Å². The molecule has 0 saturated heterocycles. The van der Waals surface area contributed by atoms with Crippen molar-refractivity contribution >= 4 is 5.84 Å². The summed E-state index contributed by atoms with van der Waals surface area (Å²) in [6.45, 7) is 1.99. The zero-order valence-corrected chi connectivity index (χ0v) is 9.96. The van der Waals surface area contributed by atoms with E-state index in [1.54, 1.807) is 12.4 Å². The van der Waals surface area contributed by atoms with Crippen LogP contribution in [0, 0.1) is 0 Å². The summed E-state index contributed by atoms with van der Waals surface area (Å²) in [5.74, 6) is 0.829. The van der Waals surface area contributed by atoms with Crippen LogP contribution in [0.25, 0.3) is 0 Å². The van der Waals surface area contributed by atoms with E-state index in [0.717, 1.165) is 17.0 Å². The summed E-state index contributed by atoms with van der Waals surface area (Å²) in [5, 5.41) is 7.66. The third-order valence-electron chi connectivity index (χ3n) is 2.95. The monoisotopic (exact) mass is 239 g/mol. The Morgan fingerprint density at radius 2 is 1.89 bits per heavy atom. The lowest BCUT2D eigenvalue weighted by atomic mass is 10.1. The van der Waals surface area contributed by atoms with Gasteiger partial charge in [-0.1, -0.05) is 30.3 Å². The fourth-order valence-corrected chi connectivity index (χ4v) is 1.91. The number of benzene rings is 1. The van der Waals surface area contributed by atoms with Crippen molar-refractivity contribution in [1.29, 1.82) is 0 Å². The van der Waals surface area contributed by atoms with Crippen molar-refractivity contribution in [2.24, 2.45) is 4.99 Å². The molecule has 2 N–H and O–H groups in total. The van der Waals surface area contributed by atoms with Crippen molar-refractivity contribution in [3.8, 4) is 0 Å². The zero-order chi connectivity index (χ0) is 12.4. The smallest absolute Gasteiger partial charge is 0.153 e. The van der Waals surface area contributed by atoms with E-state index < -0.39 is 5.66 Å². The summed E-state index contributed by atoms with van der Waals surface area (Å²) in [6.07, 6.45) is 3.38. The molecule has 0 saturated carbocycles. The van der Waals surface area contributed by atoms with Gasteiger partial charge >= 0.3 is 0 Å². The van der Waals surface area contributed by atoms with Gasteiger partial charge in [0.15, 0.2) is 5.66 Å².